The first-order chi connectivity index (χ1) is 8.72. The molecule has 0 unspecified atom stereocenters. The number of carbonyl (C=O) groups is 1. The summed E-state index contributed by atoms with van der Waals surface area (Å²) < 4.78 is 6.46. The number of hydrogen-bond acceptors (Lipinski definition) is 6. The van der Waals surface area contributed by atoms with Gasteiger partial charge in [0.05, 0.1) is 12.3 Å². The van der Waals surface area contributed by atoms with Crippen molar-refractivity contribution in [3.63, 3.8) is 0 Å². The predicted molar refractivity (Wildman–Crippen MR) is 61.8 cm³/mol. The molecule has 0 aliphatic rings. The molecule has 0 aliphatic heterocycles. The van der Waals surface area contributed by atoms with Gasteiger partial charge in [-0.15, -0.1) is 5.10 Å². The van der Waals surface area contributed by atoms with Gasteiger partial charge < -0.3 is 4.74 Å². The number of nitrogens with zero attached hydrogens (tertiary/aromatic N) is 5. The summed E-state index contributed by atoms with van der Waals surface area (Å²) in [6.45, 7) is 4.19. The average Bonchev–Trinajstić information content (AvgIpc) is 2.73. The van der Waals surface area contributed by atoms with E-state index in [4.69, 9.17) is 4.74 Å². The fourth-order valence-electron chi connectivity index (χ4n) is 1.44. The van der Waals surface area contributed by atoms with E-state index >= 15 is 0 Å². The second kappa shape index (κ2) is 5.35. The van der Waals surface area contributed by atoms with Gasteiger partial charge in [0.1, 0.15) is 12.4 Å². The van der Waals surface area contributed by atoms with Crippen molar-refractivity contribution in [2.24, 2.45) is 0 Å². The normalized spacial score (nSPS) is 10.3. The Kier molecular flexibility index (Phi) is 3.61. The molecule has 2 aromatic heterocycles. The molecule has 2 rings (SSSR count). The van der Waals surface area contributed by atoms with Crippen LogP contribution in [0, 0.1) is 6.92 Å². The Hall–Kier alpha value is -2.31. The summed E-state index contributed by atoms with van der Waals surface area (Å²) in [5.41, 5.74) is 0.869. The fraction of sp³-hybridized carbons (Fsp3) is 0.364. The minimum atomic E-state index is -0.463. The molecular formula is C11H13N5O2. The van der Waals surface area contributed by atoms with Gasteiger partial charge in [0.2, 0.25) is 0 Å². The van der Waals surface area contributed by atoms with E-state index in [0.29, 0.717) is 24.7 Å². The molecule has 0 radical (unpaired) electrons. The summed E-state index contributed by atoms with van der Waals surface area (Å²) >= 11 is 0. The molecule has 94 valence electrons. The first-order valence-corrected chi connectivity index (χ1v) is 5.55. The number of ether oxygens (including phenoxy) is 1. The lowest BCUT2D eigenvalue weighted by Crippen LogP contribution is -2.10. The first kappa shape index (κ1) is 12.2. The van der Waals surface area contributed by atoms with Crippen LogP contribution in [0.4, 0.5) is 0 Å². The van der Waals surface area contributed by atoms with Crippen LogP contribution in [-0.2, 0) is 11.3 Å². The monoisotopic (exact) mass is 247 g/mol. The maximum Gasteiger partial charge on any atom is 0.360 e. The Labute approximate surface area is 104 Å². The van der Waals surface area contributed by atoms with Gasteiger partial charge in [-0.05, 0) is 19.9 Å². The van der Waals surface area contributed by atoms with Crippen LogP contribution in [0.25, 0.3) is 0 Å². The molecule has 0 aromatic carbocycles. The molecule has 0 bridgehead atoms. The van der Waals surface area contributed by atoms with Crippen molar-refractivity contribution >= 4 is 5.97 Å². The van der Waals surface area contributed by atoms with Gasteiger partial charge in [0.25, 0.3) is 0 Å². The Bertz CT molecular complexity index is 538. The number of carbonyl (C=O) groups excluding carboxylic acids is 1. The summed E-state index contributed by atoms with van der Waals surface area (Å²) in [7, 11) is 0. The van der Waals surface area contributed by atoms with Crippen LogP contribution in [0.15, 0.2) is 18.5 Å². The van der Waals surface area contributed by atoms with Crippen molar-refractivity contribution < 1.29 is 9.53 Å². The van der Waals surface area contributed by atoms with Crippen molar-refractivity contribution in [3.05, 3.63) is 35.7 Å². The lowest BCUT2D eigenvalue weighted by atomic mass is 10.3. The maximum absolute atomic E-state index is 11.6. The van der Waals surface area contributed by atoms with E-state index in [-0.39, 0.29) is 5.69 Å². The van der Waals surface area contributed by atoms with Crippen LogP contribution >= 0.6 is 0 Å². The number of esters is 1. The molecule has 0 atom stereocenters. The van der Waals surface area contributed by atoms with Crippen molar-refractivity contribution in [1.82, 2.24) is 25.0 Å². The molecule has 0 aliphatic carbocycles. The van der Waals surface area contributed by atoms with Crippen molar-refractivity contribution in [1.29, 1.82) is 0 Å². The smallest absolute Gasteiger partial charge is 0.360 e. The van der Waals surface area contributed by atoms with Gasteiger partial charge in [-0.3, -0.25) is 0 Å². The highest BCUT2D eigenvalue weighted by Crippen LogP contribution is 2.06. The second-order valence-electron chi connectivity index (χ2n) is 3.57. The molecule has 0 spiro atoms. The molecule has 2 heterocycles. The Balaban J connectivity index is 2.18. The molecule has 7 nitrogen and oxygen atoms in total. The van der Waals surface area contributed by atoms with E-state index in [1.807, 2.05) is 0 Å². The van der Waals surface area contributed by atoms with Crippen LogP contribution in [0.5, 0.6) is 0 Å². The molecule has 18 heavy (non-hydrogen) atoms. The third kappa shape index (κ3) is 2.50. The van der Waals surface area contributed by atoms with Gasteiger partial charge >= 0.3 is 5.97 Å². The van der Waals surface area contributed by atoms with Crippen molar-refractivity contribution in [2.45, 2.75) is 20.4 Å². The van der Waals surface area contributed by atoms with Crippen LogP contribution in [0.3, 0.4) is 0 Å². The van der Waals surface area contributed by atoms with E-state index < -0.39 is 5.97 Å². The summed E-state index contributed by atoms with van der Waals surface area (Å²) in [6.07, 6.45) is 3.31. The Morgan fingerprint density at radius 2 is 2.11 bits per heavy atom. The maximum atomic E-state index is 11.6. The highest BCUT2D eigenvalue weighted by atomic mass is 16.5. The van der Waals surface area contributed by atoms with E-state index in [0.717, 1.165) is 0 Å². The minimum Gasteiger partial charge on any atom is -0.461 e. The molecule has 0 saturated heterocycles. The second-order valence-corrected chi connectivity index (χ2v) is 3.57. The van der Waals surface area contributed by atoms with Gasteiger partial charge in [-0.2, -0.15) is 0 Å². The fourth-order valence-corrected chi connectivity index (χ4v) is 1.44. The highest BCUT2D eigenvalue weighted by Gasteiger charge is 2.17. The topological polar surface area (TPSA) is 82.8 Å². The van der Waals surface area contributed by atoms with Gasteiger partial charge in [-0.1, -0.05) is 5.21 Å². The lowest BCUT2D eigenvalue weighted by molar-refractivity contribution is 0.0518. The molecule has 7 heteroatoms. The van der Waals surface area contributed by atoms with E-state index in [1.165, 1.54) is 0 Å². The summed E-state index contributed by atoms with van der Waals surface area (Å²) in [4.78, 5) is 19.7. The molecule has 0 fully saturated rings. The zero-order valence-corrected chi connectivity index (χ0v) is 10.2. The molecule has 0 saturated carbocycles. The standard InChI is InChI=1S/C11H13N5O2/c1-3-18-11(17)10-8(2)16(15-14-10)7-9-12-5-4-6-13-9/h4-6H,3,7H2,1-2H3. The quantitative estimate of drug-likeness (QED) is 0.736. The molecular weight excluding hydrogens is 234 g/mol. The van der Waals surface area contributed by atoms with E-state index in [1.54, 1.807) is 37.0 Å². The lowest BCUT2D eigenvalue weighted by Gasteiger charge is -2.02. The van der Waals surface area contributed by atoms with Gasteiger partial charge in [0, 0.05) is 12.4 Å². The third-order valence-corrected chi connectivity index (χ3v) is 2.36. The Morgan fingerprint density at radius 1 is 1.39 bits per heavy atom. The van der Waals surface area contributed by atoms with E-state index in [2.05, 4.69) is 20.3 Å². The van der Waals surface area contributed by atoms with E-state index in [9.17, 15) is 4.79 Å². The zero-order chi connectivity index (χ0) is 13.0. The summed E-state index contributed by atoms with van der Waals surface area (Å²) in [5, 5.41) is 7.71. The van der Waals surface area contributed by atoms with Crippen LogP contribution in [0.2, 0.25) is 0 Å². The first-order valence-electron chi connectivity index (χ1n) is 5.55. The molecule has 2 aromatic rings. The number of aromatic nitrogens is 5. The SMILES string of the molecule is CCOC(=O)c1nnn(Cc2ncccn2)c1C. The average molecular weight is 247 g/mol. The van der Waals surface area contributed by atoms with Crippen molar-refractivity contribution in [3.8, 4) is 0 Å². The number of rotatable bonds is 4. The van der Waals surface area contributed by atoms with Gasteiger partial charge in [-0.25, -0.2) is 19.4 Å². The minimum absolute atomic E-state index is 0.229. The Morgan fingerprint density at radius 3 is 2.78 bits per heavy atom. The highest BCUT2D eigenvalue weighted by molar-refractivity contribution is 5.88. The van der Waals surface area contributed by atoms with Crippen molar-refractivity contribution in [2.75, 3.05) is 6.61 Å². The summed E-state index contributed by atoms with van der Waals surface area (Å²) in [5.74, 6) is 0.149. The van der Waals surface area contributed by atoms with Crippen LogP contribution in [0.1, 0.15) is 28.9 Å². The third-order valence-electron chi connectivity index (χ3n) is 2.36. The largest absolute Gasteiger partial charge is 0.461 e. The predicted octanol–water partition coefficient (Wildman–Crippen LogP) is 0.602. The molecule has 0 amide bonds. The summed E-state index contributed by atoms with van der Waals surface area (Å²) in [6, 6.07) is 1.74. The van der Waals surface area contributed by atoms with Gasteiger partial charge in [0.15, 0.2) is 5.69 Å². The number of hydrogen-bond donors (Lipinski definition) is 0. The molecule has 0 N–H and O–H groups in total. The van der Waals surface area contributed by atoms with Crippen LogP contribution in [-0.4, -0.2) is 37.5 Å². The zero-order valence-electron chi connectivity index (χ0n) is 10.2. The van der Waals surface area contributed by atoms with Crippen LogP contribution < -0.4 is 0 Å².